The Bertz CT molecular complexity index is 1540. The van der Waals surface area contributed by atoms with E-state index in [1.807, 2.05) is 48.5 Å². The maximum absolute atomic E-state index is 13.2. The highest BCUT2D eigenvalue weighted by atomic mass is 16.4. The van der Waals surface area contributed by atoms with E-state index >= 15 is 0 Å². The highest BCUT2D eigenvalue weighted by Gasteiger charge is 2.31. The summed E-state index contributed by atoms with van der Waals surface area (Å²) in [6.45, 7) is 5.78. The molecule has 6 heteroatoms. The average Bonchev–Trinajstić information content (AvgIpc) is 3.33. The van der Waals surface area contributed by atoms with Crippen molar-refractivity contribution < 1.29 is 14.3 Å². The van der Waals surface area contributed by atoms with E-state index in [0.29, 0.717) is 17.0 Å². The number of nitrogens with one attached hydrogen (secondary N) is 1. The molecule has 0 bridgehead atoms. The van der Waals surface area contributed by atoms with Crippen molar-refractivity contribution >= 4 is 16.9 Å². The Balaban J connectivity index is 1.38. The van der Waals surface area contributed by atoms with Gasteiger partial charge in [-0.05, 0) is 67.3 Å². The molecule has 5 aromatic rings. The van der Waals surface area contributed by atoms with Crippen LogP contribution in [0, 0.1) is 13.8 Å². The number of aryl methyl sites for hydroxylation is 2. The second kappa shape index (κ2) is 9.99. The molecule has 2 N–H and O–H groups in total. The van der Waals surface area contributed by atoms with Gasteiger partial charge in [0.25, 0.3) is 0 Å². The third kappa shape index (κ3) is 5.15. The van der Waals surface area contributed by atoms with E-state index in [-0.39, 0.29) is 18.4 Å². The van der Waals surface area contributed by atoms with Crippen LogP contribution in [0.15, 0.2) is 95.8 Å². The maximum Gasteiger partial charge on any atom is 0.225 e. The fourth-order valence-electron chi connectivity index (χ4n) is 4.68. The number of nitrogens with zero attached hydrogens (tertiary/aromatic N) is 2. The van der Waals surface area contributed by atoms with Crippen LogP contribution in [0.25, 0.3) is 11.0 Å². The van der Waals surface area contributed by atoms with Crippen molar-refractivity contribution in [2.75, 3.05) is 0 Å². The van der Waals surface area contributed by atoms with E-state index in [2.05, 4.69) is 47.3 Å². The quantitative estimate of drug-likeness (QED) is 0.312. The smallest absolute Gasteiger partial charge is 0.225 e. The summed E-state index contributed by atoms with van der Waals surface area (Å²) in [7, 11) is 0. The number of fused-ring (bicyclic) bond motifs is 1. The monoisotopic (exact) mass is 491 g/mol. The number of hydrogen-bond donors (Lipinski definition) is 2. The van der Waals surface area contributed by atoms with E-state index in [0.717, 1.165) is 27.6 Å². The van der Waals surface area contributed by atoms with Crippen LogP contribution >= 0.6 is 0 Å². The topological polar surface area (TPSA) is 88.2 Å². The van der Waals surface area contributed by atoms with Crippen LogP contribution in [0.4, 0.5) is 0 Å². The van der Waals surface area contributed by atoms with Gasteiger partial charge < -0.3 is 14.8 Å². The highest BCUT2D eigenvalue weighted by molar-refractivity contribution is 5.83. The number of aliphatic hydroxyl groups is 1. The first-order chi connectivity index (χ1) is 17.8. The van der Waals surface area contributed by atoms with Gasteiger partial charge in [-0.3, -0.25) is 4.79 Å². The fraction of sp³-hybridized carbons (Fsp3) is 0.194. The van der Waals surface area contributed by atoms with E-state index in [9.17, 15) is 9.90 Å². The standard InChI is InChI=1S/C31H29N3O3/c1-20-9-11-25(21(2)15-20)30(23-7-5-4-6-8-23)34-29(35)17-22-10-12-26-24(16-22)18-28(37-26)31(3,36)27-13-14-32-19-33-27/h4-16,18-19,30,36H,17H2,1-3H3,(H,34,35)/t30-,31?/m0/s1. The number of rotatable bonds is 7. The first-order valence-electron chi connectivity index (χ1n) is 12.2. The molecule has 186 valence electrons. The van der Waals surface area contributed by atoms with Gasteiger partial charge in [0.15, 0.2) is 5.60 Å². The molecule has 0 fully saturated rings. The molecule has 6 nitrogen and oxygen atoms in total. The molecule has 2 atom stereocenters. The Morgan fingerprint density at radius 2 is 1.84 bits per heavy atom. The molecule has 0 saturated carbocycles. The Morgan fingerprint density at radius 1 is 1.03 bits per heavy atom. The zero-order chi connectivity index (χ0) is 26.0. The molecule has 2 aromatic heterocycles. The zero-order valence-electron chi connectivity index (χ0n) is 21.1. The molecule has 0 aliphatic carbocycles. The molecule has 0 saturated heterocycles. The predicted octanol–water partition coefficient (Wildman–Crippen LogP) is 5.54. The van der Waals surface area contributed by atoms with Crippen molar-refractivity contribution in [1.29, 1.82) is 0 Å². The van der Waals surface area contributed by atoms with E-state index in [1.54, 1.807) is 25.3 Å². The molecule has 2 heterocycles. The summed E-state index contributed by atoms with van der Waals surface area (Å²) >= 11 is 0. The second-order valence-electron chi connectivity index (χ2n) is 9.60. The third-order valence-electron chi connectivity index (χ3n) is 6.68. The minimum absolute atomic E-state index is 0.0788. The lowest BCUT2D eigenvalue weighted by Gasteiger charge is -2.22. The average molecular weight is 492 g/mol. The van der Waals surface area contributed by atoms with Gasteiger partial charge in [-0.1, -0.05) is 60.2 Å². The van der Waals surface area contributed by atoms with Crippen LogP contribution in [0.3, 0.4) is 0 Å². The van der Waals surface area contributed by atoms with Gasteiger partial charge in [-0.2, -0.15) is 0 Å². The lowest BCUT2D eigenvalue weighted by molar-refractivity contribution is -0.120. The molecular weight excluding hydrogens is 462 g/mol. The minimum Gasteiger partial charge on any atom is -0.458 e. The number of carbonyl (C=O) groups excluding carboxylic acids is 1. The summed E-state index contributed by atoms with van der Waals surface area (Å²) in [4.78, 5) is 21.3. The number of carbonyl (C=O) groups is 1. The van der Waals surface area contributed by atoms with Gasteiger partial charge in [0.1, 0.15) is 17.7 Å². The van der Waals surface area contributed by atoms with E-state index in [1.165, 1.54) is 11.9 Å². The van der Waals surface area contributed by atoms with E-state index < -0.39 is 5.60 Å². The molecule has 0 spiro atoms. The van der Waals surface area contributed by atoms with Gasteiger partial charge in [0.05, 0.1) is 18.2 Å². The van der Waals surface area contributed by atoms with Crippen LogP contribution < -0.4 is 5.32 Å². The van der Waals surface area contributed by atoms with Crippen molar-refractivity contribution in [3.8, 4) is 0 Å². The van der Waals surface area contributed by atoms with Crippen LogP contribution in [0.5, 0.6) is 0 Å². The summed E-state index contributed by atoms with van der Waals surface area (Å²) in [5.74, 6) is 0.298. The predicted molar refractivity (Wildman–Crippen MR) is 143 cm³/mol. The van der Waals surface area contributed by atoms with Gasteiger partial charge >= 0.3 is 0 Å². The molecule has 1 unspecified atom stereocenters. The molecule has 0 radical (unpaired) electrons. The molecule has 0 aliphatic heterocycles. The van der Waals surface area contributed by atoms with Gasteiger partial charge in [0.2, 0.25) is 5.91 Å². The lowest BCUT2D eigenvalue weighted by atomic mass is 9.93. The highest BCUT2D eigenvalue weighted by Crippen LogP contribution is 2.33. The normalized spacial score (nSPS) is 13.7. The summed E-state index contributed by atoms with van der Waals surface area (Å²) in [5, 5.41) is 15.1. The third-order valence-corrected chi connectivity index (χ3v) is 6.68. The molecule has 1 amide bonds. The van der Waals surface area contributed by atoms with Crippen molar-refractivity contribution in [1.82, 2.24) is 15.3 Å². The first-order valence-corrected chi connectivity index (χ1v) is 12.2. The molecule has 5 rings (SSSR count). The molecular formula is C31H29N3O3. The Kier molecular flexibility index (Phi) is 6.59. The van der Waals surface area contributed by atoms with Crippen molar-refractivity contribution in [2.45, 2.75) is 38.8 Å². The van der Waals surface area contributed by atoms with Crippen molar-refractivity contribution in [3.63, 3.8) is 0 Å². The lowest BCUT2D eigenvalue weighted by Crippen LogP contribution is -2.31. The minimum atomic E-state index is -1.41. The zero-order valence-corrected chi connectivity index (χ0v) is 21.1. The number of hydrogen-bond acceptors (Lipinski definition) is 5. The van der Waals surface area contributed by atoms with Crippen LogP contribution in [-0.4, -0.2) is 21.0 Å². The Morgan fingerprint density at radius 3 is 2.57 bits per heavy atom. The Labute approximate surface area is 216 Å². The SMILES string of the molecule is Cc1ccc([C@@H](NC(=O)Cc2ccc3oc(C(C)(O)c4ccncn4)cc3c2)c2ccccc2)c(C)c1. The largest absolute Gasteiger partial charge is 0.458 e. The number of aromatic nitrogens is 2. The summed E-state index contributed by atoms with van der Waals surface area (Å²) in [5.41, 5.74) is 4.95. The molecule has 0 aliphatic rings. The Hall–Kier alpha value is -4.29. The number of amides is 1. The fourth-order valence-corrected chi connectivity index (χ4v) is 4.68. The number of furan rings is 1. The van der Waals surface area contributed by atoms with Crippen LogP contribution in [0.1, 0.15) is 52.2 Å². The maximum atomic E-state index is 13.2. The molecule has 3 aromatic carbocycles. The van der Waals surface area contributed by atoms with Crippen molar-refractivity contribution in [3.05, 3.63) is 131 Å². The number of benzene rings is 3. The van der Waals surface area contributed by atoms with Gasteiger partial charge in [-0.15, -0.1) is 0 Å². The second-order valence-corrected chi connectivity index (χ2v) is 9.60. The molecule has 37 heavy (non-hydrogen) atoms. The van der Waals surface area contributed by atoms with Crippen LogP contribution in [0.2, 0.25) is 0 Å². The van der Waals surface area contributed by atoms with E-state index in [4.69, 9.17) is 4.42 Å². The summed E-state index contributed by atoms with van der Waals surface area (Å²) < 4.78 is 5.94. The van der Waals surface area contributed by atoms with Gasteiger partial charge in [0, 0.05) is 11.6 Å². The summed E-state index contributed by atoms with van der Waals surface area (Å²) in [6.07, 6.45) is 3.19. The van der Waals surface area contributed by atoms with Crippen molar-refractivity contribution in [2.24, 2.45) is 0 Å². The first kappa shape index (κ1) is 24.4. The van der Waals surface area contributed by atoms with Gasteiger partial charge in [-0.25, -0.2) is 9.97 Å². The summed E-state index contributed by atoms with van der Waals surface area (Å²) in [6, 6.07) is 25.1. The van der Waals surface area contributed by atoms with Crippen LogP contribution in [-0.2, 0) is 16.8 Å².